The summed E-state index contributed by atoms with van der Waals surface area (Å²) >= 11 is 13.8. The normalized spacial score (nSPS) is 11.8. The van der Waals surface area contributed by atoms with E-state index in [4.69, 9.17) is 23.2 Å². The minimum absolute atomic E-state index is 0.0722. The summed E-state index contributed by atoms with van der Waals surface area (Å²) in [5.74, 6) is 0.683. The standard InChI is InChI=1S/C29H32Cl2N2O2S/c1-21(2)19-32-29(35)27(18-22-7-4-3-5-8-22)33(20-23-9-6-10-25(31)17-23)28(34)15-16-36-26-13-11-24(30)12-14-26/h3-14,17,21,27H,15-16,18-20H2,1-2H3,(H,32,35). The number of carbonyl (C=O) groups is 2. The Morgan fingerprint density at radius 2 is 1.58 bits per heavy atom. The molecule has 1 atom stereocenters. The fourth-order valence-electron chi connectivity index (χ4n) is 3.74. The number of carbonyl (C=O) groups excluding carboxylic acids is 2. The Labute approximate surface area is 228 Å². The monoisotopic (exact) mass is 542 g/mol. The van der Waals surface area contributed by atoms with Crippen molar-refractivity contribution in [2.24, 2.45) is 5.92 Å². The Kier molecular flexibility index (Phi) is 11.2. The number of rotatable bonds is 12. The van der Waals surface area contributed by atoms with Gasteiger partial charge in [0, 0.05) is 46.6 Å². The van der Waals surface area contributed by atoms with E-state index in [1.807, 2.05) is 72.8 Å². The van der Waals surface area contributed by atoms with E-state index < -0.39 is 6.04 Å². The van der Waals surface area contributed by atoms with Crippen LogP contribution in [0.2, 0.25) is 10.0 Å². The minimum Gasteiger partial charge on any atom is -0.354 e. The van der Waals surface area contributed by atoms with Crippen LogP contribution in [0.25, 0.3) is 0 Å². The molecule has 3 aromatic carbocycles. The molecule has 0 radical (unpaired) electrons. The third kappa shape index (κ3) is 9.20. The Morgan fingerprint density at radius 1 is 0.889 bits per heavy atom. The van der Waals surface area contributed by atoms with Crippen molar-refractivity contribution in [3.8, 4) is 0 Å². The van der Waals surface area contributed by atoms with Gasteiger partial charge in [0.1, 0.15) is 6.04 Å². The Morgan fingerprint density at radius 3 is 2.25 bits per heavy atom. The van der Waals surface area contributed by atoms with Gasteiger partial charge in [-0.05, 0) is 53.4 Å². The lowest BCUT2D eigenvalue weighted by Gasteiger charge is -2.32. The van der Waals surface area contributed by atoms with Crippen molar-refractivity contribution in [3.05, 3.63) is 100 Å². The molecule has 7 heteroatoms. The van der Waals surface area contributed by atoms with E-state index >= 15 is 0 Å². The van der Waals surface area contributed by atoms with Gasteiger partial charge in [0.2, 0.25) is 11.8 Å². The molecule has 190 valence electrons. The Hall–Kier alpha value is -2.47. The highest BCUT2D eigenvalue weighted by Crippen LogP contribution is 2.23. The molecular formula is C29H32Cl2N2O2S. The van der Waals surface area contributed by atoms with Crippen LogP contribution in [0.5, 0.6) is 0 Å². The van der Waals surface area contributed by atoms with E-state index in [0.29, 0.717) is 47.6 Å². The van der Waals surface area contributed by atoms with Crippen molar-refractivity contribution in [2.75, 3.05) is 12.3 Å². The molecule has 1 N–H and O–H groups in total. The molecule has 4 nitrogen and oxygen atoms in total. The maximum Gasteiger partial charge on any atom is 0.243 e. The molecule has 0 aliphatic rings. The molecule has 0 saturated heterocycles. The second kappa shape index (κ2) is 14.3. The van der Waals surface area contributed by atoms with E-state index in [1.165, 1.54) is 0 Å². The zero-order valence-electron chi connectivity index (χ0n) is 20.6. The molecule has 0 aliphatic carbocycles. The van der Waals surface area contributed by atoms with Gasteiger partial charge in [-0.3, -0.25) is 9.59 Å². The molecule has 2 amide bonds. The number of amides is 2. The van der Waals surface area contributed by atoms with Crippen LogP contribution in [-0.2, 0) is 22.6 Å². The molecule has 0 spiro atoms. The first kappa shape index (κ1) is 28.1. The Bertz CT molecular complexity index is 1120. The van der Waals surface area contributed by atoms with Crippen LogP contribution in [0.15, 0.2) is 83.8 Å². The summed E-state index contributed by atoms with van der Waals surface area (Å²) in [7, 11) is 0. The van der Waals surface area contributed by atoms with E-state index in [9.17, 15) is 9.59 Å². The average Bonchev–Trinajstić information content (AvgIpc) is 2.86. The fraction of sp³-hybridized carbons (Fsp3) is 0.310. The summed E-state index contributed by atoms with van der Waals surface area (Å²) in [6, 6.07) is 24.2. The molecular weight excluding hydrogens is 511 g/mol. The maximum atomic E-state index is 13.6. The van der Waals surface area contributed by atoms with Crippen LogP contribution in [0.4, 0.5) is 0 Å². The van der Waals surface area contributed by atoms with Gasteiger partial charge < -0.3 is 10.2 Å². The van der Waals surface area contributed by atoms with Crippen molar-refractivity contribution >= 4 is 46.8 Å². The minimum atomic E-state index is -0.641. The molecule has 0 fully saturated rings. The zero-order valence-corrected chi connectivity index (χ0v) is 23.0. The van der Waals surface area contributed by atoms with Gasteiger partial charge >= 0.3 is 0 Å². The molecule has 0 aliphatic heterocycles. The van der Waals surface area contributed by atoms with Gasteiger partial charge in [0.25, 0.3) is 0 Å². The second-order valence-electron chi connectivity index (χ2n) is 9.05. The summed E-state index contributed by atoms with van der Waals surface area (Å²) in [5.41, 5.74) is 1.89. The number of thioether (sulfide) groups is 1. The van der Waals surface area contributed by atoms with Gasteiger partial charge in [0.05, 0.1) is 0 Å². The number of benzene rings is 3. The van der Waals surface area contributed by atoms with Gasteiger partial charge in [-0.15, -0.1) is 11.8 Å². The molecule has 1 unspecified atom stereocenters. The lowest BCUT2D eigenvalue weighted by atomic mass is 10.0. The van der Waals surface area contributed by atoms with Crippen LogP contribution in [0, 0.1) is 5.92 Å². The summed E-state index contributed by atoms with van der Waals surface area (Å²) < 4.78 is 0. The molecule has 0 aromatic heterocycles. The predicted molar refractivity (Wildman–Crippen MR) is 151 cm³/mol. The lowest BCUT2D eigenvalue weighted by molar-refractivity contribution is -0.141. The summed E-state index contributed by atoms with van der Waals surface area (Å²) in [6.45, 7) is 4.96. The first-order chi connectivity index (χ1) is 17.3. The zero-order chi connectivity index (χ0) is 25.9. The lowest BCUT2D eigenvalue weighted by Crippen LogP contribution is -2.51. The van der Waals surface area contributed by atoms with Crippen molar-refractivity contribution in [1.29, 1.82) is 0 Å². The topological polar surface area (TPSA) is 49.4 Å². The summed E-state index contributed by atoms with van der Waals surface area (Å²) in [5, 5.41) is 4.32. The average molecular weight is 544 g/mol. The summed E-state index contributed by atoms with van der Waals surface area (Å²) in [6.07, 6.45) is 0.734. The van der Waals surface area contributed by atoms with E-state index in [1.54, 1.807) is 22.7 Å². The number of nitrogens with zero attached hydrogens (tertiary/aromatic N) is 1. The largest absolute Gasteiger partial charge is 0.354 e. The fourth-order valence-corrected chi connectivity index (χ4v) is 4.92. The van der Waals surface area contributed by atoms with Crippen molar-refractivity contribution in [2.45, 2.75) is 44.2 Å². The van der Waals surface area contributed by atoms with Gasteiger partial charge in [0.15, 0.2) is 0 Å². The van der Waals surface area contributed by atoms with Gasteiger partial charge in [-0.25, -0.2) is 0 Å². The van der Waals surface area contributed by atoms with Crippen molar-refractivity contribution in [3.63, 3.8) is 0 Å². The number of hydrogen-bond donors (Lipinski definition) is 1. The van der Waals surface area contributed by atoms with Crippen LogP contribution in [-0.4, -0.2) is 35.1 Å². The molecule has 3 aromatic rings. The van der Waals surface area contributed by atoms with Crippen LogP contribution in [0.1, 0.15) is 31.4 Å². The third-order valence-electron chi connectivity index (χ3n) is 5.60. The van der Waals surface area contributed by atoms with Gasteiger partial charge in [-0.2, -0.15) is 0 Å². The highest BCUT2D eigenvalue weighted by atomic mass is 35.5. The number of halogens is 2. The highest BCUT2D eigenvalue weighted by Gasteiger charge is 2.30. The first-order valence-electron chi connectivity index (χ1n) is 12.1. The number of hydrogen-bond acceptors (Lipinski definition) is 3. The molecule has 0 saturated carbocycles. The maximum absolute atomic E-state index is 13.6. The van der Waals surface area contributed by atoms with Crippen LogP contribution < -0.4 is 5.32 Å². The second-order valence-corrected chi connectivity index (χ2v) is 11.1. The van der Waals surface area contributed by atoms with E-state index in [-0.39, 0.29) is 11.8 Å². The number of nitrogens with one attached hydrogen (secondary N) is 1. The highest BCUT2D eigenvalue weighted by molar-refractivity contribution is 7.99. The van der Waals surface area contributed by atoms with E-state index in [0.717, 1.165) is 16.0 Å². The first-order valence-corrected chi connectivity index (χ1v) is 13.8. The van der Waals surface area contributed by atoms with Crippen LogP contribution in [0.3, 0.4) is 0 Å². The third-order valence-corrected chi connectivity index (χ3v) is 7.10. The molecule has 0 heterocycles. The van der Waals surface area contributed by atoms with E-state index in [2.05, 4.69) is 19.2 Å². The SMILES string of the molecule is CC(C)CNC(=O)C(Cc1ccccc1)N(Cc1cccc(Cl)c1)C(=O)CCSc1ccc(Cl)cc1. The molecule has 0 bridgehead atoms. The van der Waals surface area contributed by atoms with Gasteiger partial charge in [-0.1, -0.05) is 79.5 Å². The summed E-state index contributed by atoms with van der Waals surface area (Å²) in [4.78, 5) is 29.8. The van der Waals surface area contributed by atoms with Crippen molar-refractivity contribution < 1.29 is 9.59 Å². The molecule has 3 rings (SSSR count). The quantitative estimate of drug-likeness (QED) is 0.253. The van der Waals surface area contributed by atoms with Crippen molar-refractivity contribution in [1.82, 2.24) is 10.2 Å². The Balaban J connectivity index is 1.83. The predicted octanol–water partition coefficient (Wildman–Crippen LogP) is 6.89. The van der Waals surface area contributed by atoms with Crippen LogP contribution >= 0.6 is 35.0 Å². The molecule has 36 heavy (non-hydrogen) atoms. The smallest absolute Gasteiger partial charge is 0.243 e.